The smallest absolute Gasteiger partial charge is 0.204 e. The molecule has 2 N–H and O–H groups in total. The Labute approximate surface area is 277 Å². The second kappa shape index (κ2) is 12.2. The minimum Gasteiger partial charge on any atom is -0.377 e. The van der Waals surface area contributed by atoms with Crippen LogP contribution in [-0.2, 0) is 5.41 Å². The number of piperidine rings is 1. The number of nitrogens with zero attached hydrogens (tertiary/aromatic N) is 2. The van der Waals surface area contributed by atoms with E-state index in [0.29, 0.717) is 28.6 Å². The van der Waals surface area contributed by atoms with E-state index in [4.69, 9.17) is 0 Å². The highest BCUT2D eigenvalue weighted by molar-refractivity contribution is 6.08. The number of carbonyl (C=O) groups is 2. The van der Waals surface area contributed by atoms with Crippen LogP contribution in [0.15, 0.2) is 61.2 Å². The van der Waals surface area contributed by atoms with Crippen LogP contribution in [0.25, 0.3) is 0 Å². The summed E-state index contributed by atoms with van der Waals surface area (Å²) in [6.45, 7) is 25.2. The molecule has 2 saturated heterocycles. The maximum absolute atomic E-state index is 12.1. The third kappa shape index (κ3) is 5.16. The summed E-state index contributed by atoms with van der Waals surface area (Å²) >= 11 is 0. The summed E-state index contributed by atoms with van der Waals surface area (Å²) in [6, 6.07) is 0. The molecule has 4 atom stereocenters. The number of allylic oxidation sites excluding steroid dienone is 6. The molecule has 1 spiro atoms. The number of rotatable bonds is 3. The number of hydrogen-bond donors (Lipinski definition) is 2. The van der Waals surface area contributed by atoms with E-state index in [1.807, 2.05) is 18.5 Å². The predicted octanol–water partition coefficient (Wildman–Crippen LogP) is 8.65. The minimum atomic E-state index is 0.123. The SMILES string of the molecule is C=CC1(C)CC(C=C)(CC)C1.CCC.Cc1c[nH]c2c1C13C(=CC2=O)N(C)CC1C3C.Cc1c[nH]c2c1C1CCN(C)C1=CC2=O. The zero-order valence-corrected chi connectivity index (χ0v) is 29.8. The summed E-state index contributed by atoms with van der Waals surface area (Å²) in [6.07, 6.45) is 17.8. The Morgan fingerprint density at radius 2 is 1.54 bits per heavy atom. The molecule has 6 aliphatic rings. The number of carbonyl (C=O) groups excluding carboxylic acids is 2. The van der Waals surface area contributed by atoms with Crippen molar-refractivity contribution in [1.82, 2.24) is 19.8 Å². The van der Waals surface area contributed by atoms with E-state index in [1.165, 1.54) is 59.3 Å². The molecule has 0 amide bonds. The highest BCUT2D eigenvalue weighted by Crippen LogP contribution is 2.70. The van der Waals surface area contributed by atoms with Gasteiger partial charge in [0.25, 0.3) is 0 Å². The molecule has 0 aromatic carbocycles. The van der Waals surface area contributed by atoms with Gasteiger partial charge >= 0.3 is 0 Å². The summed E-state index contributed by atoms with van der Waals surface area (Å²) in [5.41, 5.74) is 10.0. The van der Waals surface area contributed by atoms with Gasteiger partial charge in [0.2, 0.25) is 11.6 Å². The summed E-state index contributed by atoms with van der Waals surface area (Å²) in [5, 5.41) is 0. The van der Waals surface area contributed by atoms with Crippen LogP contribution in [0.4, 0.5) is 0 Å². The van der Waals surface area contributed by atoms with Crippen molar-refractivity contribution in [2.24, 2.45) is 22.7 Å². The Balaban J connectivity index is 0.000000133. The Morgan fingerprint density at radius 1 is 0.935 bits per heavy atom. The number of ketones is 2. The van der Waals surface area contributed by atoms with E-state index >= 15 is 0 Å². The molecule has 248 valence electrons. The van der Waals surface area contributed by atoms with E-state index in [2.05, 4.69) is 108 Å². The van der Waals surface area contributed by atoms with Crippen molar-refractivity contribution in [3.8, 4) is 0 Å². The average molecular weight is 625 g/mol. The van der Waals surface area contributed by atoms with Crippen molar-refractivity contribution in [2.45, 2.75) is 91.9 Å². The van der Waals surface area contributed by atoms with Gasteiger partial charge in [-0.15, -0.1) is 13.2 Å². The van der Waals surface area contributed by atoms with Gasteiger partial charge in [0, 0.05) is 74.5 Å². The minimum absolute atomic E-state index is 0.123. The first kappa shape index (κ1) is 33.8. The number of nitrogens with one attached hydrogen (secondary N) is 2. The van der Waals surface area contributed by atoms with Gasteiger partial charge in [0.15, 0.2) is 0 Å². The molecule has 2 aromatic heterocycles. The van der Waals surface area contributed by atoms with E-state index < -0.39 is 0 Å². The second-order valence-corrected chi connectivity index (χ2v) is 15.1. The normalized spacial score (nSPS) is 32.2. The van der Waals surface area contributed by atoms with Gasteiger partial charge in [-0.1, -0.05) is 53.2 Å². The molecule has 4 heterocycles. The molecule has 46 heavy (non-hydrogen) atoms. The molecule has 2 aromatic rings. The molecule has 0 bridgehead atoms. The molecule has 2 saturated carbocycles. The third-order valence-electron chi connectivity index (χ3n) is 11.8. The molecule has 4 unspecified atom stereocenters. The Bertz CT molecular complexity index is 1590. The Morgan fingerprint density at radius 3 is 2.15 bits per heavy atom. The maximum atomic E-state index is 12.1. The van der Waals surface area contributed by atoms with Crippen LogP contribution in [0.5, 0.6) is 0 Å². The van der Waals surface area contributed by atoms with Crippen molar-refractivity contribution in [3.63, 3.8) is 0 Å². The predicted molar refractivity (Wildman–Crippen MR) is 189 cm³/mol. The summed E-state index contributed by atoms with van der Waals surface area (Å²) < 4.78 is 0. The zero-order chi connectivity index (χ0) is 33.8. The highest BCUT2D eigenvalue weighted by Gasteiger charge is 2.72. The van der Waals surface area contributed by atoms with Crippen LogP contribution >= 0.6 is 0 Å². The van der Waals surface area contributed by atoms with Crippen LogP contribution < -0.4 is 0 Å². The number of likely N-dealkylation sites (tertiary alicyclic amines) is 2. The number of H-pyrrole nitrogens is 2. The largest absolute Gasteiger partial charge is 0.377 e. The van der Waals surface area contributed by atoms with E-state index in [0.717, 1.165) is 30.9 Å². The van der Waals surface area contributed by atoms with Gasteiger partial charge in [0.1, 0.15) is 0 Å². The molecule has 8 rings (SSSR count). The van der Waals surface area contributed by atoms with Gasteiger partial charge in [-0.25, -0.2) is 0 Å². The van der Waals surface area contributed by atoms with Crippen LogP contribution in [0.1, 0.15) is 116 Å². The average Bonchev–Trinajstić information content (AvgIpc) is 3.55. The van der Waals surface area contributed by atoms with Crippen molar-refractivity contribution >= 4 is 11.6 Å². The lowest BCUT2D eigenvalue weighted by molar-refractivity contribution is 0.0525. The van der Waals surface area contributed by atoms with Gasteiger partial charge in [-0.2, -0.15) is 0 Å². The van der Waals surface area contributed by atoms with Gasteiger partial charge < -0.3 is 19.8 Å². The van der Waals surface area contributed by atoms with Crippen molar-refractivity contribution in [3.05, 3.63) is 94.9 Å². The lowest BCUT2D eigenvalue weighted by atomic mass is 9.53. The monoisotopic (exact) mass is 624 g/mol. The fourth-order valence-electron chi connectivity index (χ4n) is 9.30. The Kier molecular flexibility index (Phi) is 9.00. The summed E-state index contributed by atoms with van der Waals surface area (Å²) in [7, 11) is 4.17. The molecular formula is C40H56N4O2. The molecule has 2 aliphatic heterocycles. The zero-order valence-electron chi connectivity index (χ0n) is 29.8. The Hall–Kier alpha value is -3.54. The number of hydrogen-bond acceptors (Lipinski definition) is 4. The molecule has 4 aliphatic carbocycles. The topological polar surface area (TPSA) is 72.2 Å². The first-order valence-electron chi connectivity index (χ1n) is 17.4. The van der Waals surface area contributed by atoms with Gasteiger partial charge in [0.05, 0.1) is 11.4 Å². The van der Waals surface area contributed by atoms with Crippen LogP contribution in [0, 0.1) is 36.5 Å². The maximum Gasteiger partial charge on any atom is 0.204 e. The first-order valence-corrected chi connectivity index (χ1v) is 17.4. The number of aromatic amines is 2. The quantitative estimate of drug-likeness (QED) is 0.335. The van der Waals surface area contributed by atoms with Gasteiger partial charge in [-0.05, 0) is 84.5 Å². The fourth-order valence-corrected chi connectivity index (χ4v) is 9.30. The van der Waals surface area contributed by atoms with Crippen molar-refractivity contribution in [1.29, 1.82) is 0 Å². The molecule has 6 heteroatoms. The van der Waals surface area contributed by atoms with Crippen molar-refractivity contribution in [2.75, 3.05) is 27.2 Å². The summed E-state index contributed by atoms with van der Waals surface area (Å²) in [5.74, 6) is 2.07. The molecule has 4 fully saturated rings. The number of aryl methyl sites for hydroxylation is 2. The standard InChI is InChI=1S/C14H16N2O.C12H14N2O.C11H18.C3H8/c1-7-5-15-13-10(17)4-11-14(12(7)13)8(2)9(14)6-16(11)3;1-7-6-13-12-10(15)5-9-8(11(7)12)3-4-14(9)2;1-5-10(4)8-11(6-2,7-3)9-10;1-3-2/h4-5,8-9,15H,6H2,1-3H3;5-6,8,13H,3-4H2,1-2H3;5-6H,1-2,7-9H2,3-4H3;3H2,1-2H3. The van der Waals surface area contributed by atoms with E-state index in [9.17, 15) is 9.59 Å². The fraction of sp³-hybridized carbons (Fsp3) is 0.550. The lowest BCUT2D eigenvalue weighted by Crippen LogP contribution is -2.41. The number of likely N-dealkylation sites (N-methyl/N-ethyl adjacent to an activating group) is 2. The number of fused-ring (bicyclic) bond motifs is 4. The second-order valence-electron chi connectivity index (χ2n) is 15.1. The lowest BCUT2D eigenvalue weighted by Gasteiger charge is -2.52. The first-order chi connectivity index (χ1) is 21.8. The van der Waals surface area contributed by atoms with Crippen LogP contribution in [0.2, 0.25) is 0 Å². The van der Waals surface area contributed by atoms with Gasteiger partial charge in [-0.3, -0.25) is 9.59 Å². The van der Waals surface area contributed by atoms with Crippen LogP contribution in [0.3, 0.4) is 0 Å². The third-order valence-corrected chi connectivity index (χ3v) is 11.8. The van der Waals surface area contributed by atoms with E-state index in [1.54, 1.807) is 6.08 Å². The van der Waals surface area contributed by atoms with Crippen LogP contribution in [-0.4, -0.2) is 58.5 Å². The number of aromatic nitrogens is 2. The van der Waals surface area contributed by atoms with Crippen molar-refractivity contribution < 1.29 is 9.59 Å². The summed E-state index contributed by atoms with van der Waals surface area (Å²) in [4.78, 5) is 34.7. The molecular weight excluding hydrogens is 568 g/mol. The highest BCUT2D eigenvalue weighted by atomic mass is 16.1. The van der Waals surface area contributed by atoms with E-state index in [-0.39, 0.29) is 17.0 Å². The molecule has 6 nitrogen and oxygen atoms in total. The molecule has 0 radical (unpaired) electrons.